The van der Waals surface area contributed by atoms with Crippen LogP contribution in [0.15, 0.2) is 41.1 Å². The standard InChI is InChI=1S/C12H14N4O3/c1-8-7-11(19-2)15-16(14-8)10-6-4-3-5-9(10)13-12(17)18/h3-7,13-14H,1-2H3,(H,17,18). The molecule has 1 aliphatic rings. The Bertz CT molecular complexity index is 554. The van der Waals surface area contributed by atoms with Crippen molar-refractivity contribution in [3.8, 4) is 0 Å². The highest BCUT2D eigenvalue weighted by atomic mass is 16.5. The molecule has 7 nitrogen and oxygen atoms in total. The van der Waals surface area contributed by atoms with Gasteiger partial charge in [-0.3, -0.25) is 10.7 Å². The molecule has 19 heavy (non-hydrogen) atoms. The molecule has 0 fully saturated rings. The summed E-state index contributed by atoms with van der Waals surface area (Å²) in [4.78, 5) is 10.8. The Kier molecular flexibility index (Phi) is 3.56. The van der Waals surface area contributed by atoms with Crippen LogP contribution in [0.2, 0.25) is 0 Å². The van der Waals surface area contributed by atoms with Crippen molar-refractivity contribution < 1.29 is 14.6 Å². The summed E-state index contributed by atoms with van der Waals surface area (Å²) in [7, 11) is 1.52. The normalized spacial score (nSPS) is 14.1. The summed E-state index contributed by atoms with van der Waals surface area (Å²) in [6, 6.07) is 6.93. The average molecular weight is 262 g/mol. The van der Waals surface area contributed by atoms with Gasteiger partial charge in [-0.15, -0.1) is 5.10 Å². The molecule has 1 aromatic carbocycles. The van der Waals surface area contributed by atoms with Gasteiger partial charge in [0, 0.05) is 11.8 Å². The number of hydrogen-bond acceptors (Lipinski definition) is 5. The third-order valence-corrected chi connectivity index (χ3v) is 2.40. The van der Waals surface area contributed by atoms with Crippen LogP contribution in [0, 0.1) is 0 Å². The average Bonchev–Trinajstić information content (AvgIpc) is 2.38. The van der Waals surface area contributed by atoms with Gasteiger partial charge < -0.3 is 9.84 Å². The number of nitrogens with one attached hydrogen (secondary N) is 2. The zero-order valence-electron chi connectivity index (χ0n) is 10.5. The molecule has 0 bridgehead atoms. The van der Waals surface area contributed by atoms with Crippen LogP contribution in [0.3, 0.4) is 0 Å². The van der Waals surface area contributed by atoms with E-state index in [1.807, 2.05) is 6.92 Å². The number of benzene rings is 1. The van der Waals surface area contributed by atoms with Crippen LogP contribution in [0.25, 0.3) is 0 Å². The molecule has 0 atom stereocenters. The molecule has 0 radical (unpaired) electrons. The van der Waals surface area contributed by atoms with E-state index in [9.17, 15) is 4.79 Å². The molecule has 2 rings (SSSR count). The Morgan fingerprint density at radius 2 is 2.21 bits per heavy atom. The lowest BCUT2D eigenvalue weighted by molar-refractivity contribution is 0.210. The number of anilines is 2. The highest BCUT2D eigenvalue weighted by Gasteiger charge is 2.16. The molecule has 0 spiro atoms. The first-order chi connectivity index (χ1) is 9.10. The van der Waals surface area contributed by atoms with E-state index in [1.165, 1.54) is 12.2 Å². The molecule has 3 N–H and O–H groups in total. The molecule has 0 unspecified atom stereocenters. The summed E-state index contributed by atoms with van der Waals surface area (Å²) in [6.07, 6.45) is 0.608. The number of ether oxygens (including phenoxy) is 1. The number of amides is 1. The van der Waals surface area contributed by atoms with E-state index >= 15 is 0 Å². The second-order valence-corrected chi connectivity index (χ2v) is 3.84. The number of nitrogens with zero attached hydrogens (tertiary/aromatic N) is 2. The first kappa shape index (κ1) is 12.7. The van der Waals surface area contributed by atoms with Crippen molar-refractivity contribution in [2.24, 2.45) is 5.10 Å². The lowest BCUT2D eigenvalue weighted by Crippen LogP contribution is -2.37. The van der Waals surface area contributed by atoms with Crippen LogP contribution >= 0.6 is 0 Å². The maximum Gasteiger partial charge on any atom is 0.409 e. The smallest absolute Gasteiger partial charge is 0.409 e. The fourth-order valence-corrected chi connectivity index (χ4v) is 1.63. The minimum atomic E-state index is -1.13. The number of rotatable bonds is 2. The summed E-state index contributed by atoms with van der Waals surface area (Å²) in [6.45, 7) is 1.86. The van der Waals surface area contributed by atoms with Gasteiger partial charge in [-0.1, -0.05) is 12.1 Å². The largest absolute Gasteiger partial charge is 0.480 e. The second-order valence-electron chi connectivity index (χ2n) is 3.84. The first-order valence-corrected chi connectivity index (χ1v) is 5.57. The molecule has 1 amide bonds. The van der Waals surface area contributed by atoms with Crippen molar-refractivity contribution >= 4 is 23.4 Å². The molecular weight excluding hydrogens is 248 g/mol. The Labute approximate surface area is 110 Å². The summed E-state index contributed by atoms with van der Waals surface area (Å²) in [5.41, 5.74) is 4.84. The lowest BCUT2D eigenvalue weighted by atomic mass is 10.2. The SMILES string of the molecule is COC1=NN(c2ccccc2NC(=O)O)NC(C)=C1. The van der Waals surface area contributed by atoms with Crippen molar-refractivity contribution in [3.05, 3.63) is 36.0 Å². The lowest BCUT2D eigenvalue weighted by Gasteiger charge is -2.26. The third kappa shape index (κ3) is 2.95. The number of hydrazine groups is 1. The van der Waals surface area contributed by atoms with Crippen molar-refractivity contribution in [1.29, 1.82) is 0 Å². The minimum Gasteiger partial charge on any atom is -0.480 e. The number of carbonyl (C=O) groups is 1. The Hall–Kier alpha value is -2.70. The highest BCUT2D eigenvalue weighted by Crippen LogP contribution is 2.26. The van der Waals surface area contributed by atoms with Crippen molar-refractivity contribution in [2.75, 3.05) is 17.5 Å². The van der Waals surface area contributed by atoms with Crippen LogP contribution in [-0.2, 0) is 4.74 Å². The van der Waals surface area contributed by atoms with E-state index in [1.54, 1.807) is 30.3 Å². The maximum absolute atomic E-state index is 10.8. The fourth-order valence-electron chi connectivity index (χ4n) is 1.63. The number of hydrazone groups is 1. The van der Waals surface area contributed by atoms with Crippen LogP contribution in [0.5, 0.6) is 0 Å². The minimum absolute atomic E-state index is 0.427. The van der Waals surface area contributed by atoms with Gasteiger partial charge in [0.25, 0.3) is 0 Å². The monoisotopic (exact) mass is 262 g/mol. The van der Waals surface area contributed by atoms with Gasteiger partial charge in [-0.05, 0) is 19.1 Å². The molecule has 100 valence electrons. The van der Waals surface area contributed by atoms with E-state index in [0.717, 1.165) is 5.70 Å². The van der Waals surface area contributed by atoms with Crippen molar-refractivity contribution in [2.45, 2.75) is 6.92 Å². The van der Waals surface area contributed by atoms with Crippen LogP contribution in [-0.4, -0.2) is 24.2 Å². The van der Waals surface area contributed by atoms with Gasteiger partial charge in [0.05, 0.1) is 12.8 Å². The molecule has 0 aliphatic carbocycles. The van der Waals surface area contributed by atoms with Crippen LogP contribution in [0.4, 0.5) is 16.2 Å². The Morgan fingerprint density at radius 1 is 1.47 bits per heavy atom. The van der Waals surface area contributed by atoms with Gasteiger partial charge in [0.2, 0.25) is 5.90 Å². The number of allylic oxidation sites excluding steroid dienone is 1. The van der Waals surface area contributed by atoms with Gasteiger partial charge >= 0.3 is 6.09 Å². The molecular formula is C12H14N4O3. The Balaban J connectivity index is 2.34. The third-order valence-electron chi connectivity index (χ3n) is 2.40. The van der Waals surface area contributed by atoms with Crippen molar-refractivity contribution in [1.82, 2.24) is 5.43 Å². The maximum atomic E-state index is 10.8. The molecule has 1 heterocycles. The molecule has 1 aromatic rings. The quantitative estimate of drug-likeness (QED) is 0.758. The summed E-state index contributed by atoms with van der Waals surface area (Å²) in [5.74, 6) is 0.432. The number of methoxy groups -OCH3 is 1. The molecule has 0 aromatic heterocycles. The summed E-state index contributed by atoms with van der Waals surface area (Å²) in [5, 5.41) is 16.8. The molecule has 0 saturated carbocycles. The predicted octanol–water partition coefficient (Wildman–Crippen LogP) is 1.96. The summed E-state index contributed by atoms with van der Waals surface area (Å²) < 4.78 is 5.09. The van der Waals surface area contributed by atoms with Gasteiger partial charge in [0.15, 0.2) is 0 Å². The zero-order chi connectivity index (χ0) is 13.8. The first-order valence-electron chi connectivity index (χ1n) is 5.57. The van der Waals surface area contributed by atoms with Crippen LogP contribution in [0.1, 0.15) is 6.92 Å². The fraction of sp³-hybridized carbons (Fsp3) is 0.167. The topological polar surface area (TPSA) is 86.2 Å². The van der Waals surface area contributed by atoms with Gasteiger partial charge in [-0.2, -0.15) is 5.12 Å². The van der Waals surface area contributed by atoms with E-state index < -0.39 is 6.09 Å². The predicted molar refractivity (Wildman–Crippen MR) is 71.9 cm³/mol. The second kappa shape index (κ2) is 5.30. The molecule has 7 heteroatoms. The molecule has 1 aliphatic heterocycles. The Morgan fingerprint density at radius 3 is 2.89 bits per heavy atom. The van der Waals surface area contributed by atoms with Gasteiger partial charge in [-0.25, -0.2) is 4.79 Å². The van der Waals surface area contributed by atoms with Gasteiger partial charge in [0.1, 0.15) is 5.69 Å². The van der Waals surface area contributed by atoms with E-state index in [4.69, 9.17) is 9.84 Å². The number of hydrogen-bond donors (Lipinski definition) is 3. The van der Waals surface area contributed by atoms with E-state index in [-0.39, 0.29) is 0 Å². The van der Waals surface area contributed by atoms with Crippen molar-refractivity contribution in [3.63, 3.8) is 0 Å². The number of para-hydroxylation sites is 2. The highest BCUT2D eigenvalue weighted by molar-refractivity contribution is 5.92. The number of carboxylic acid groups (broad SMARTS) is 1. The van der Waals surface area contributed by atoms with E-state index in [2.05, 4.69) is 15.8 Å². The molecule has 0 saturated heterocycles. The zero-order valence-corrected chi connectivity index (χ0v) is 10.5. The summed E-state index contributed by atoms with van der Waals surface area (Å²) >= 11 is 0. The van der Waals surface area contributed by atoms with E-state index in [0.29, 0.717) is 17.3 Å². The van der Waals surface area contributed by atoms with Crippen LogP contribution < -0.4 is 15.9 Å².